The zero-order valence-corrected chi connectivity index (χ0v) is 44.7. The third-order valence-electron chi connectivity index (χ3n) is 13.5. The molecule has 6 nitrogen and oxygen atoms in total. The molecule has 390 valence electrons. The molecule has 0 saturated heterocycles. The van der Waals surface area contributed by atoms with Crippen LogP contribution in [0.1, 0.15) is 335 Å². The molecule has 0 rings (SSSR count). The summed E-state index contributed by atoms with van der Waals surface area (Å²) < 4.78 is 16.8. The predicted molar refractivity (Wildman–Crippen MR) is 284 cm³/mol. The van der Waals surface area contributed by atoms with E-state index in [2.05, 4.69) is 32.9 Å². The van der Waals surface area contributed by atoms with Crippen LogP contribution in [-0.4, -0.2) is 37.2 Å². The third kappa shape index (κ3) is 53.1. The molecule has 0 heterocycles. The molecule has 1 atom stereocenters. The SMILES string of the molecule is CCCCCCCCCC/C=C\CCCCCCCCCCCCCCCCCC(=O)OCC(COC(=O)CCCCCCCC)OC(=O)CCCCCCCCCCCCCCCCC. The molecule has 0 aromatic rings. The van der Waals surface area contributed by atoms with Crippen LogP contribution in [-0.2, 0) is 28.6 Å². The van der Waals surface area contributed by atoms with Gasteiger partial charge in [-0.15, -0.1) is 0 Å². The third-order valence-corrected chi connectivity index (χ3v) is 13.5. The van der Waals surface area contributed by atoms with Crippen LogP contribution in [0.5, 0.6) is 0 Å². The maximum atomic E-state index is 12.8. The second kappa shape index (κ2) is 55.7. The van der Waals surface area contributed by atoms with E-state index < -0.39 is 6.10 Å². The molecule has 1 unspecified atom stereocenters. The molecule has 0 N–H and O–H groups in total. The maximum Gasteiger partial charge on any atom is 0.306 e. The number of hydrogen-bond acceptors (Lipinski definition) is 6. The van der Waals surface area contributed by atoms with Crippen LogP contribution in [0.3, 0.4) is 0 Å². The van der Waals surface area contributed by atoms with Crippen LogP contribution < -0.4 is 0 Å². The Morgan fingerprint density at radius 1 is 0.288 bits per heavy atom. The van der Waals surface area contributed by atoms with Crippen molar-refractivity contribution >= 4 is 17.9 Å². The van der Waals surface area contributed by atoms with Gasteiger partial charge < -0.3 is 14.2 Å². The highest BCUT2D eigenvalue weighted by Crippen LogP contribution is 2.17. The molecule has 0 fully saturated rings. The molecular formula is C60H114O6. The van der Waals surface area contributed by atoms with Crippen molar-refractivity contribution in [3.8, 4) is 0 Å². The van der Waals surface area contributed by atoms with Gasteiger partial charge in [-0.05, 0) is 44.9 Å². The van der Waals surface area contributed by atoms with E-state index in [9.17, 15) is 14.4 Å². The number of rotatable bonds is 55. The molecule has 66 heavy (non-hydrogen) atoms. The second-order valence-electron chi connectivity index (χ2n) is 20.3. The monoisotopic (exact) mass is 931 g/mol. The van der Waals surface area contributed by atoms with E-state index in [1.807, 2.05) is 0 Å². The Morgan fingerprint density at radius 3 is 0.758 bits per heavy atom. The van der Waals surface area contributed by atoms with Gasteiger partial charge in [-0.1, -0.05) is 283 Å². The highest BCUT2D eigenvalue weighted by Gasteiger charge is 2.19. The number of esters is 3. The summed E-state index contributed by atoms with van der Waals surface area (Å²) in [6.07, 6.45) is 63.9. The number of carbonyl (C=O) groups excluding carboxylic acids is 3. The first-order valence-corrected chi connectivity index (χ1v) is 29.7. The lowest BCUT2D eigenvalue weighted by Gasteiger charge is -2.18. The summed E-state index contributed by atoms with van der Waals surface area (Å²) in [7, 11) is 0. The summed E-state index contributed by atoms with van der Waals surface area (Å²) >= 11 is 0. The van der Waals surface area contributed by atoms with Crippen molar-refractivity contribution in [1.29, 1.82) is 0 Å². The molecule has 0 amide bonds. The highest BCUT2D eigenvalue weighted by molar-refractivity contribution is 5.71. The summed E-state index contributed by atoms with van der Waals surface area (Å²) in [6, 6.07) is 0. The topological polar surface area (TPSA) is 78.9 Å². The van der Waals surface area contributed by atoms with Crippen LogP contribution in [0.4, 0.5) is 0 Å². The van der Waals surface area contributed by atoms with Gasteiger partial charge in [-0.25, -0.2) is 0 Å². The van der Waals surface area contributed by atoms with E-state index in [4.69, 9.17) is 14.2 Å². The van der Waals surface area contributed by atoms with Gasteiger partial charge in [0.2, 0.25) is 0 Å². The standard InChI is InChI=1S/C60H114O6/c1-4-7-10-13-16-18-20-22-24-25-26-27-28-29-30-31-32-33-34-35-37-38-40-42-44-47-50-53-59(62)65-56-57(55-64-58(61)52-49-46-15-12-9-6-3)66-60(63)54-51-48-45-43-41-39-36-23-21-19-17-14-11-8-5-2/h25-26,57H,4-24,27-56H2,1-3H3/b26-25-. The van der Waals surface area contributed by atoms with E-state index in [0.29, 0.717) is 19.3 Å². The number of hydrogen-bond donors (Lipinski definition) is 0. The Labute approximate surface area is 411 Å². The molecule has 0 bridgehead atoms. The highest BCUT2D eigenvalue weighted by atomic mass is 16.6. The van der Waals surface area contributed by atoms with Gasteiger partial charge in [0, 0.05) is 19.3 Å². The molecule has 6 heteroatoms. The Morgan fingerprint density at radius 2 is 0.500 bits per heavy atom. The molecule has 0 aliphatic carbocycles. The van der Waals surface area contributed by atoms with Gasteiger partial charge in [0.05, 0.1) is 0 Å². The Bertz CT molecular complexity index is 1020. The van der Waals surface area contributed by atoms with Crippen molar-refractivity contribution in [3.63, 3.8) is 0 Å². The van der Waals surface area contributed by atoms with Gasteiger partial charge in [0.1, 0.15) is 13.2 Å². The average Bonchev–Trinajstić information content (AvgIpc) is 3.31. The van der Waals surface area contributed by atoms with E-state index >= 15 is 0 Å². The summed E-state index contributed by atoms with van der Waals surface area (Å²) in [4.78, 5) is 37.8. The first-order valence-electron chi connectivity index (χ1n) is 29.7. The second-order valence-corrected chi connectivity index (χ2v) is 20.3. The van der Waals surface area contributed by atoms with Gasteiger partial charge in [-0.2, -0.15) is 0 Å². The zero-order chi connectivity index (χ0) is 47.9. The Kier molecular flexibility index (Phi) is 54.2. The van der Waals surface area contributed by atoms with Crippen molar-refractivity contribution in [2.24, 2.45) is 0 Å². The quantitative estimate of drug-likeness (QED) is 0.0262. The minimum absolute atomic E-state index is 0.0644. The van der Waals surface area contributed by atoms with E-state index in [1.54, 1.807) is 0 Å². The average molecular weight is 932 g/mol. The fourth-order valence-corrected chi connectivity index (χ4v) is 9.03. The fraction of sp³-hybridized carbons (Fsp3) is 0.917. The minimum Gasteiger partial charge on any atom is -0.462 e. The predicted octanol–water partition coefficient (Wildman–Crippen LogP) is 19.7. The van der Waals surface area contributed by atoms with Gasteiger partial charge in [-0.3, -0.25) is 14.4 Å². The molecule has 0 aliphatic rings. The first-order chi connectivity index (χ1) is 32.5. The number of unbranched alkanes of at least 4 members (excludes halogenated alkanes) is 42. The molecule has 0 saturated carbocycles. The van der Waals surface area contributed by atoms with Crippen LogP contribution in [0, 0.1) is 0 Å². The Balaban J connectivity index is 4.00. The lowest BCUT2D eigenvalue weighted by molar-refractivity contribution is -0.167. The summed E-state index contributed by atoms with van der Waals surface area (Å²) in [6.45, 7) is 6.63. The summed E-state index contributed by atoms with van der Waals surface area (Å²) in [5.41, 5.74) is 0. The summed E-state index contributed by atoms with van der Waals surface area (Å²) in [5.74, 6) is -0.852. The maximum absolute atomic E-state index is 12.8. The molecule has 0 aromatic carbocycles. The van der Waals surface area contributed by atoms with Crippen LogP contribution in [0.15, 0.2) is 12.2 Å². The number of carbonyl (C=O) groups is 3. The van der Waals surface area contributed by atoms with Gasteiger partial charge in [0.15, 0.2) is 6.10 Å². The first kappa shape index (κ1) is 64.2. The molecule has 0 spiro atoms. The lowest BCUT2D eigenvalue weighted by Crippen LogP contribution is -2.30. The molecular weight excluding hydrogens is 817 g/mol. The van der Waals surface area contributed by atoms with E-state index in [-0.39, 0.29) is 31.1 Å². The molecule has 0 aromatic heterocycles. The van der Waals surface area contributed by atoms with Crippen LogP contribution >= 0.6 is 0 Å². The van der Waals surface area contributed by atoms with Crippen molar-refractivity contribution in [2.45, 2.75) is 341 Å². The van der Waals surface area contributed by atoms with E-state index in [1.165, 1.54) is 238 Å². The van der Waals surface area contributed by atoms with Crippen molar-refractivity contribution in [2.75, 3.05) is 13.2 Å². The molecule has 0 aliphatic heterocycles. The number of ether oxygens (including phenoxy) is 3. The van der Waals surface area contributed by atoms with Crippen molar-refractivity contribution < 1.29 is 28.6 Å². The normalized spacial score (nSPS) is 12.0. The lowest BCUT2D eigenvalue weighted by atomic mass is 10.0. The Hall–Kier alpha value is -1.85. The largest absolute Gasteiger partial charge is 0.462 e. The minimum atomic E-state index is -0.761. The summed E-state index contributed by atoms with van der Waals surface area (Å²) in [5, 5.41) is 0. The van der Waals surface area contributed by atoms with Gasteiger partial charge >= 0.3 is 17.9 Å². The zero-order valence-electron chi connectivity index (χ0n) is 44.7. The van der Waals surface area contributed by atoms with E-state index in [0.717, 1.165) is 57.8 Å². The van der Waals surface area contributed by atoms with Crippen LogP contribution in [0.25, 0.3) is 0 Å². The van der Waals surface area contributed by atoms with Gasteiger partial charge in [0.25, 0.3) is 0 Å². The van der Waals surface area contributed by atoms with Crippen LogP contribution in [0.2, 0.25) is 0 Å². The number of allylic oxidation sites excluding steroid dienone is 2. The fourth-order valence-electron chi connectivity index (χ4n) is 9.03. The smallest absolute Gasteiger partial charge is 0.306 e. The van der Waals surface area contributed by atoms with Crippen molar-refractivity contribution in [1.82, 2.24) is 0 Å². The molecule has 0 radical (unpaired) electrons. The van der Waals surface area contributed by atoms with Crippen molar-refractivity contribution in [3.05, 3.63) is 12.2 Å².